The highest BCUT2D eigenvalue weighted by atomic mass is 19.1. The molecule has 0 aliphatic heterocycles. The van der Waals surface area contributed by atoms with Crippen LogP contribution in [0.2, 0.25) is 0 Å². The van der Waals surface area contributed by atoms with E-state index >= 15 is 0 Å². The predicted octanol–water partition coefficient (Wildman–Crippen LogP) is 1.41. The number of rotatable bonds is 6. The van der Waals surface area contributed by atoms with Crippen molar-refractivity contribution in [3.8, 4) is 0 Å². The number of hydrogen-bond acceptors (Lipinski definition) is 4. The van der Waals surface area contributed by atoms with E-state index in [1.807, 2.05) is 0 Å². The summed E-state index contributed by atoms with van der Waals surface area (Å²) in [6, 6.07) is 5.47. The minimum Gasteiger partial charge on any atom is -0.464 e. The van der Waals surface area contributed by atoms with Crippen molar-refractivity contribution >= 4 is 5.97 Å². The fourth-order valence-corrected chi connectivity index (χ4v) is 1.28. The summed E-state index contributed by atoms with van der Waals surface area (Å²) in [7, 11) is 0. The minimum atomic E-state index is -0.418. The van der Waals surface area contributed by atoms with Crippen LogP contribution in [0.5, 0.6) is 0 Å². The number of carbonyl (C=O) groups is 1. The molecule has 0 saturated carbocycles. The number of nitrogens with two attached hydrogens (primary N) is 1. The molecule has 0 aliphatic rings. The van der Waals surface area contributed by atoms with Gasteiger partial charge < -0.3 is 15.2 Å². The van der Waals surface area contributed by atoms with Gasteiger partial charge in [0.25, 0.3) is 0 Å². The van der Waals surface area contributed by atoms with Crippen molar-refractivity contribution in [3.05, 3.63) is 35.6 Å². The van der Waals surface area contributed by atoms with Crippen molar-refractivity contribution in [2.75, 3.05) is 19.8 Å². The first-order valence-electron chi connectivity index (χ1n) is 5.38. The van der Waals surface area contributed by atoms with E-state index in [9.17, 15) is 9.18 Å². The van der Waals surface area contributed by atoms with Crippen LogP contribution in [0.25, 0.3) is 0 Å². The van der Waals surface area contributed by atoms with E-state index in [1.54, 1.807) is 19.1 Å². The van der Waals surface area contributed by atoms with Gasteiger partial charge in [-0.15, -0.1) is 0 Å². The van der Waals surface area contributed by atoms with Gasteiger partial charge in [-0.3, -0.25) is 0 Å². The van der Waals surface area contributed by atoms with Crippen molar-refractivity contribution in [2.45, 2.75) is 13.0 Å². The zero-order valence-corrected chi connectivity index (χ0v) is 9.69. The maximum atomic E-state index is 12.7. The lowest BCUT2D eigenvalue weighted by molar-refractivity contribution is -0.148. The monoisotopic (exact) mass is 241 g/mol. The molecule has 1 atom stereocenters. The largest absolute Gasteiger partial charge is 0.464 e. The van der Waals surface area contributed by atoms with Crippen LogP contribution in [0.4, 0.5) is 4.39 Å². The van der Waals surface area contributed by atoms with Gasteiger partial charge in [-0.1, -0.05) is 12.1 Å². The minimum absolute atomic E-state index is 0.122. The Balaban J connectivity index is 2.32. The van der Waals surface area contributed by atoms with Crippen LogP contribution in [0, 0.1) is 5.82 Å². The molecule has 0 bridgehead atoms. The molecule has 4 nitrogen and oxygen atoms in total. The maximum Gasteiger partial charge on any atom is 0.332 e. The van der Waals surface area contributed by atoms with E-state index in [1.165, 1.54) is 12.1 Å². The summed E-state index contributed by atoms with van der Waals surface area (Å²) in [5, 5.41) is 0. The van der Waals surface area contributed by atoms with Crippen molar-refractivity contribution in [1.82, 2.24) is 0 Å². The summed E-state index contributed by atoms with van der Waals surface area (Å²) in [6.45, 7) is 2.11. The van der Waals surface area contributed by atoms with Gasteiger partial charge in [0.05, 0.1) is 19.3 Å². The lowest BCUT2D eigenvalue weighted by Gasteiger charge is -2.12. The molecule has 1 rings (SSSR count). The molecule has 0 fully saturated rings. The average Bonchev–Trinajstić information content (AvgIpc) is 2.30. The smallest absolute Gasteiger partial charge is 0.332 e. The van der Waals surface area contributed by atoms with Crippen LogP contribution in [0.1, 0.15) is 18.5 Å². The van der Waals surface area contributed by atoms with Crippen LogP contribution >= 0.6 is 0 Å². The van der Waals surface area contributed by atoms with Gasteiger partial charge in [-0.05, 0) is 24.6 Å². The third-order valence-corrected chi connectivity index (χ3v) is 2.12. The molecule has 17 heavy (non-hydrogen) atoms. The summed E-state index contributed by atoms with van der Waals surface area (Å²) in [5.41, 5.74) is 6.57. The molecule has 1 unspecified atom stereocenters. The lowest BCUT2D eigenvalue weighted by Crippen LogP contribution is -2.20. The Morgan fingerprint density at radius 2 is 2.06 bits per heavy atom. The predicted molar refractivity (Wildman–Crippen MR) is 60.8 cm³/mol. The number of ether oxygens (including phenoxy) is 2. The summed E-state index contributed by atoms with van der Waals surface area (Å²) >= 11 is 0. The van der Waals surface area contributed by atoms with E-state index in [0.717, 1.165) is 5.56 Å². The summed E-state index contributed by atoms with van der Waals surface area (Å²) < 4.78 is 22.5. The number of benzene rings is 1. The van der Waals surface area contributed by atoms with Crippen LogP contribution in [-0.2, 0) is 14.3 Å². The Labute approximate surface area is 99.5 Å². The molecule has 2 N–H and O–H groups in total. The Morgan fingerprint density at radius 3 is 2.65 bits per heavy atom. The molecular weight excluding hydrogens is 225 g/mol. The molecule has 0 amide bonds. The van der Waals surface area contributed by atoms with Crippen molar-refractivity contribution < 1.29 is 18.7 Å². The first kappa shape index (κ1) is 13.6. The highest BCUT2D eigenvalue weighted by Crippen LogP contribution is 2.11. The fourth-order valence-electron chi connectivity index (χ4n) is 1.28. The molecule has 0 saturated heterocycles. The molecule has 5 heteroatoms. The molecule has 1 aromatic rings. The van der Waals surface area contributed by atoms with Gasteiger partial charge in [-0.2, -0.15) is 0 Å². The normalized spacial score (nSPS) is 12.2. The Bertz CT molecular complexity index is 353. The molecule has 0 aliphatic carbocycles. The Morgan fingerprint density at radius 1 is 1.41 bits per heavy atom. The van der Waals surface area contributed by atoms with Gasteiger partial charge in [0.1, 0.15) is 12.4 Å². The van der Waals surface area contributed by atoms with E-state index in [0.29, 0.717) is 6.61 Å². The standard InChI is InChI=1S/C12H16FNO3/c1-2-17-12(15)8-16-7-11(14)9-3-5-10(13)6-4-9/h3-6,11H,2,7-8,14H2,1H3. The average molecular weight is 241 g/mol. The van der Waals surface area contributed by atoms with E-state index in [2.05, 4.69) is 0 Å². The zero-order chi connectivity index (χ0) is 12.7. The van der Waals surface area contributed by atoms with Gasteiger partial charge in [0.15, 0.2) is 0 Å². The van der Waals surface area contributed by atoms with Crippen LogP contribution in [0.3, 0.4) is 0 Å². The highest BCUT2D eigenvalue weighted by molar-refractivity contribution is 5.70. The van der Waals surface area contributed by atoms with E-state index in [4.69, 9.17) is 15.2 Å². The number of carbonyl (C=O) groups excluding carboxylic acids is 1. The second-order valence-electron chi connectivity index (χ2n) is 3.48. The number of halogens is 1. The van der Waals surface area contributed by atoms with E-state index in [-0.39, 0.29) is 25.1 Å². The van der Waals surface area contributed by atoms with Gasteiger partial charge in [0.2, 0.25) is 0 Å². The zero-order valence-electron chi connectivity index (χ0n) is 9.69. The van der Waals surface area contributed by atoms with Gasteiger partial charge in [-0.25, -0.2) is 9.18 Å². The second kappa shape index (κ2) is 6.98. The van der Waals surface area contributed by atoms with Crippen LogP contribution in [0.15, 0.2) is 24.3 Å². The molecule has 0 heterocycles. The molecule has 94 valence electrons. The van der Waals surface area contributed by atoms with Gasteiger partial charge >= 0.3 is 5.97 Å². The van der Waals surface area contributed by atoms with Crippen LogP contribution < -0.4 is 5.73 Å². The van der Waals surface area contributed by atoms with Gasteiger partial charge in [0, 0.05) is 0 Å². The molecule has 0 spiro atoms. The first-order chi connectivity index (χ1) is 8.13. The topological polar surface area (TPSA) is 61.5 Å². The van der Waals surface area contributed by atoms with Crippen molar-refractivity contribution in [2.24, 2.45) is 5.73 Å². The Kier molecular flexibility index (Phi) is 5.59. The molecule has 1 aromatic carbocycles. The molecular formula is C12H16FNO3. The first-order valence-corrected chi connectivity index (χ1v) is 5.38. The van der Waals surface area contributed by atoms with Crippen molar-refractivity contribution in [1.29, 1.82) is 0 Å². The SMILES string of the molecule is CCOC(=O)COCC(N)c1ccc(F)cc1. The Hall–Kier alpha value is -1.46. The quantitative estimate of drug-likeness (QED) is 0.765. The fraction of sp³-hybridized carbons (Fsp3) is 0.417. The third kappa shape index (κ3) is 4.93. The van der Waals surface area contributed by atoms with Crippen LogP contribution in [-0.4, -0.2) is 25.8 Å². The second-order valence-corrected chi connectivity index (χ2v) is 3.48. The van der Waals surface area contributed by atoms with Crippen molar-refractivity contribution in [3.63, 3.8) is 0 Å². The summed E-state index contributed by atoms with van der Waals surface area (Å²) in [4.78, 5) is 11.0. The summed E-state index contributed by atoms with van der Waals surface area (Å²) in [6.07, 6.45) is 0. The number of esters is 1. The third-order valence-electron chi connectivity index (χ3n) is 2.12. The summed E-state index contributed by atoms with van der Waals surface area (Å²) in [5.74, 6) is -0.729. The number of hydrogen-bond donors (Lipinski definition) is 1. The molecule has 0 radical (unpaired) electrons. The lowest BCUT2D eigenvalue weighted by atomic mass is 10.1. The molecule has 0 aromatic heterocycles. The maximum absolute atomic E-state index is 12.7. The van der Waals surface area contributed by atoms with E-state index < -0.39 is 5.97 Å². The highest BCUT2D eigenvalue weighted by Gasteiger charge is 2.08.